The number of carbonyl (C=O) groups is 2. The lowest BCUT2D eigenvalue weighted by molar-refractivity contribution is 0.101. The Morgan fingerprint density at radius 1 is 0.933 bits per heavy atom. The van der Waals surface area contributed by atoms with Crippen LogP contribution in [0.4, 0.5) is 5.69 Å². The number of para-hydroxylation sites is 1. The van der Waals surface area contributed by atoms with Crippen LogP contribution in [0, 0.1) is 6.92 Å². The van der Waals surface area contributed by atoms with E-state index in [-0.39, 0.29) is 17.5 Å². The van der Waals surface area contributed by atoms with Gasteiger partial charge in [-0.3, -0.25) is 9.59 Å². The van der Waals surface area contributed by atoms with Gasteiger partial charge in [-0.25, -0.2) is 0 Å². The van der Waals surface area contributed by atoms with Crippen molar-refractivity contribution >= 4 is 28.3 Å². The standard InChI is InChI=1S/C25H21NO4/c1-3-29-19-13-11-17(12-14-19)23(27)24-22(20-9-4-5-10-21(20)30-24)26-25(28)18-8-6-7-16(2)15-18/h4-15H,3H2,1-2H3,(H,26,28). The van der Waals surface area contributed by atoms with Crippen molar-refractivity contribution in [2.24, 2.45) is 0 Å². The summed E-state index contributed by atoms with van der Waals surface area (Å²) in [5.41, 5.74) is 2.84. The molecule has 0 spiro atoms. The Bertz CT molecular complexity index is 1220. The summed E-state index contributed by atoms with van der Waals surface area (Å²) in [7, 11) is 0. The minimum Gasteiger partial charge on any atom is -0.494 e. The Balaban J connectivity index is 1.73. The van der Waals surface area contributed by atoms with Crippen LogP contribution >= 0.6 is 0 Å². The molecule has 3 aromatic carbocycles. The molecule has 1 aromatic heterocycles. The third kappa shape index (κ3) is 3.82. The average Bonchev–Trinajstić information content (AvgIpc) is 3.12. The molecule has 5 nitrogen and oxygen atoms in total. The Morgan fingerprint density at radius 2 is 1.70 bits per heavy atom. The van der Waals surface area contributed by atoms with Crippen molar-refractivity contribution in [1.82, 2.24) is 0 Å². The SMILES string of the molecule is CCOc1ccc(C(=O)c2oc3ccccc3c2NC(=O)c2cccc(C)c2)cc1. The summed E-state index contributed by atoms with van der Waals surface area (Å²) < 4.78 is 11.3. The number of hydrogen-bond acceptors (Lipinski definition) is 4. The number of ether oxygens (including phenoxy) is 1. The zero-order valence-corrected chi connectivity index (χ0v) is 16.8. The van der Waals surface area contributed by atoms with E-state index in [0.29, 0.717) is 40.1 Å². The number of fused-ring (bicyclic) bond motifs is 1. The van der Waals surface area contributed by atoms with Gasteiger partial charge in [0.05, 0.1) is 12.3 Å². The summed E-state index contributed by atoms with van der Waals surface area (Å²) in [5, 5.41) is 3.56. The fourth-order valence-electron chi connectivity index (χ4n) is 3.30. The molecule has 0 aliphatic heterocycles. The van der Waals surface area contributed by atoms with E-state index in [1.165, 1.54) is 0 Å². The van der Waals surface area contributed by atoms with Gasteiger partial charge in [0.15, 0.2) is 5.76 Å². The minimum atomic E-state index is -0.311. The summed E-state index contributed by atoms with van der Waals surface area (Å²) in [5.74, 6) is 0.174. The topological polar surface area (TPSA) is 68.5 Å². The summed E-state index contributed by atoms with van der Waals surface area (Å²) >= 11 is 0. The fourth-order valence-corrected chi connectivity index (χ4v) is 3.30. The highest BCUT2D eigenvalue weighted by Gasteiger charge is 2.23. The number of amides is 1. The quantitative estimate of drug-likeness (QED) is 0.427. The van der Waals surface area contributed by atoms with Crippen molar-refractivity contribution < 1.29 is 18.7 Å². The number of ketones is 1. The summed E-state index contributed by atoms with van der Waals surface area (Å²) in [6.07, 6.45) is 0. The van der Waals surface area contributed by atoms with Crippen molar-refractivity contribution in [3.63, 3.8) is 0 Å². The highest BCUT2D eigenvalue weighted by Crippen LogP contribution is 2.33. The molecule has 0 aliphatic rings. The van der Waals surface area contributed by atoms with Crippen LogP contribution in [0.1, 0.15) is 39.0 Å². The molecular formula is C25H21NO4. The van der Waals surface area contributed by atoms with Crippen LogP contribution in [-0.4, -0.2) is 18.3 Å². The number of nitrogens with one attached hydrogen (secondary N) is 1. The van der Waals surface area contributed by atoms with Crippen LogP contribution in [0.2, 0.25) is 0 Å². The lowest BCUT2D eigenvalue weighted by Gasteiger charge is -2.07. The second-order valence-electron chi connectivity index (χ2n) is 6.91. The Labute approximate surface area is 174 Å². The van der Waals surface area contributed by atoms with Gasteiger partial charge in [-0.1, -0.05) is 29.8 Å². The summed E-state index contributed by atoms with van der Waals surface area (Å²) in [4.78, 5) is 26.0. The Kier molecular flexibility index (Phi) is 5.35. The molecule has 5 heteroatoms. The van der Waals surface area contributed by atoms with Crippen molar-refractivity contribution in [2.45, 2.75) is 13.8 Å². The van der Waals surface area contributed by atoms with Gasteiger partial charge in [0.25, 0.3) is 5.91 Å². The second kappa shape index (κ2) is 8.25. The predicted molar refractivity (Wildman–Crippen MR) is 116 cm³/mol. The maximum absolute atomic E-state index is 13.2. The third-order valence-corrected chi connectivity index (χ3v) is 4.75. The molecule has 0 atom stereocenters. The zero-order chi connectivity index (χ0) is 21.1. The van der Waals surface area contributed by atoms with Crippen LogP contribution < -0.4 is 10.1 Å². The van der Waals surface area contributed by atoms with Crippen LogP contribution in [0.5, 0.6) is 5.75 Å². The van der Waals surface area contributed by atoms with E-state index < -0.39 is 0 Å². The van der Waals surface area contributed by atoms with Crippen molar-refractivity contribution in [2.75, 3.05) is 11.9 Å². The summed E-state index contributed by atoms with van der Waals surface area (Å²) in [6.45, 7) is 4.37. The zero-order valence-electron chi connectivity index (χ0n) is 16.8. The van der Waals surface area contributed by atoms with Crippen LogP contribution in [-0.2, 0) is 0 Å². The monoisotopic (exact) mass is 399 g/mol. The average molecular weight is 399 g/mol. The first kappa shape index (κ1) is 19.5. The largest absolute Gasteiger partial charge is 0.494 e. The maximum Gasteiger partial charge on any atom is 0.255 e. The van der Waals surface area contributed by atoms with Gasteiger partial charge in [0.2, 0.25) is 5.78 Å². The third-order valence-electron chi connectivity index (χ3n) is 4.75. The van der Waals surface area contributed by atoms with E-state index in [1.54, 1.807) is 42.5 Å². The number of benzene rings is 3. The minimum absolute atomic E-state index is 0.0985. The van der Waals surface area contributed by atoms with Crippen molar-refractivity contribution in [3.05, 3.63) is 95.2 Å². The Morgan fingerprint density at radius 3 is 2.43 bits per heavy atom. The molecule has 0 bridgehead atoms. The van der Waals surface area contributed by atoms with Gasteiger partial charge in [-0.05, 0) is 62.4 Å². The van der Waals surface area contributed by atoms with Gasteiger partial charge >= 0.3 is 0 Å². The normalized spacial score (nSPS) is 10.7. The number of furan rings is 1. The molecule has 0 fully saturated rings. The van der Waals surface area contributed by atoms with E-state index >= 15 is 0 Å². The molecule has 4 rings (SSSR count). The number of rotatable bonds is 6. The summed E-state index contributed by atoms with van der Waals surface area (Å²) in [6, 6.07) is 21.4. The van der Waals surface area contributed by atoms with Gasteiger partial charge in [0.1, 0.15) is 11.3 Å². The lowest BCUT2D eigenvalue weighted by Crippen LogP contribution is -2.14. The molecule has 0 unspecified atom stereocenters. The van der Waals surface area contributed by atoms with Crippen LogP contribution in [0.15, 0.2) is 77.2 Å². The van der Waals surface area contributed by atoms with Crippen LogP contribution in [0.25, 0.3) is 11.0 Å². The fraction of sp³-hybridized carbons (Fsp3) is 0.120. The Hall–Kier alpha value is -3.86. The molecule has 1 amide bonds. The molecule has 150 valence electrons. The van der Waals surface area contributed by atoms with Gasteiger partial charge in [-0.15, -0.1) is 0 Å². The molecule has 1 heterocycles. The molecule has 1 N–H and O–H groups in total. The molecule has 0 radical (unpaired) electrons. The first-order valence-electron chi connectivity index (χ1n) is 9.74. The van der Waals surface area contributed by atoms with E-state index in [2.05, 4.69) is 5.32 Å². The molecule has 0 aliphatic carbocycles. The molecule has 0 saturated heterocycles. The van der Waals surface area contributed by atoms with Gasteiger partial charge in [0, 0.05) is 16.5 Å². The highest BCUT2D eigenvalue weighted by molar-refractivity contribution is 6.18. The number of carbonyl (C=O) groups excluding carboxylic acids is 2. The van der Waals surface area contributed by atoms with E-state index in [9.17, 15) is 9.59 Å². The van der Waals surface area contributed by atoms with Gasteiger partial charge in [-0.2, -0.15) is 0 Å². The smallest absolute Gasteiger partial charge is 0.255 e. The molecular weight excluding hydrogens is 378 g/mol. The molecule has 30 heavy (non-hydrogen) atoms. The predicted octanol–water partition coefficient (Wildman–Crippen LogP) is 5.62. The number of hydrogen-bond donors (Lipinski definition) is 1. The van der Waals surface area contributed by atoms with Gasteiger partial charge < -0.3 is 14.5 Å². The first-order chi connectivity index (χ1) is 14.6. The number of aryl methyl sites for hydroxylation is 1. The van der Waals surface area contributed by atoms with Crippen molar-refractivity contribution in [1.29, 1.82) is 0 Å². The van der Waals surface area contributed by atoms with Crippen molar-refractivity contribution in [3.8, 4) is 5.75 Å². The van der Waals surface area contributed by atoms with E-state index in [0.717, 1.165) is 5.56 Å². The lowest BCUT2D eigenvalue weighted by atomic mass is 10.1. The highest BCUT2D eigenvalue weighted by atomic mass is 16.5. The molecule has 0 saturated carbocycles. The first-order valence-corrected chi connectivity index (χ1v) is 9.74. The van der Waals surface area contributed by atoms with E-state index in [1.807, 2.05) is 44.2 Å². The van der Waals surface area contributed by atoms with E-state index in [4.69, 9.17) is 9.15 Å². The molecule has 4 aromatic rings. The number of anilines is 1. The second-order valence-corrected chi connectivity index (χ2v) is 6.91. The maximum atomic E-state index is 13.2. The van der Waals surface area contributed by atoms with Crippen LogP contribution in [0.3, 0.4) is 0 Å².